The minimum Gasteiger partial charge on any atom is -0.485 e. The summed E-state index contributed by atoms with van der Waals surface area (Å²) in [4.78, 5) is 12.8. The molecule has 0 radical (unpaired) electrons. The van der Waals surface area contributed by atoms with E-state index in [1.54, 1.807) is 6.07 Å². The Balaban J connectivity index is 0.00000176. The van der Waals surface area contributed by atoms with Crippen LogP contribution in [0.25, 0.3) is 0 Å². The van der Waals surface area contributed by atoms with Crippen molar-refractivity contribution in [2.75, 3.05) is 13.1 Å². The number of rotatable bonds is 2. The highest BCUT2D eigenvalue weighted by Gasteiger charge is 2.46. The minimum atomic E-state index is -0.717. The van der Waals surface area contributed by atoms with Crippen molar-refractivity contribution in [3.05, 3.63) is 33.9 Å². The molecule has 6 nitrogen and oxygen atoms in total. The average molecular weight is 329 g/mol. The van der Waals surface area contributed by atoms with Gasteiger partial charge in [0.25, 0.3) is 5.69 Å². The van der Waals surface area contributed by atoms with Crippen molar-refractivity contribution in [3.8, 4) is 5.75 Å². The van der Waals surface area contributed by atoms with Crippen LogP contribution >= 0.6 is 12.4 Å². The van der Waals surface area contributed by atoms with Gasteiger partial charge in [-0.1, -0.05) is 0 Å². The lowest BCUT2D eigenvalue weighted by molar-refractivity contribution is -0.385. The highest BCUT2D eigenvalue weighted by molar-refractivity contribution is 5.85. The predicted octanol–water partition coefficient (Wildman–Crippen LogP) is 2.69. The third-order valence-corrected chi connectivity index (χ3v) is 4.44. The fourth-order valence-electron chi connectivity index (χ4n) is 3.28. The standard InChI is InChI=1S/C15H20N2O4.ClH/c1-15(2)14(18)13(16-7-3-4-8-16)11-9-10(17(19)20)5-6-12(11)21-15;/h5-6,9,13-14,18H,3-4,7-8H2,1-2H3;1H/t13?,14-;/m0./s1. The molecule has 2 atom stereocenters. The molecule has 1 unspecified atom stereocenters. The molecule has 7 heteroatoms. The van der Waals surface area contributed by atoms with Crippen LogP contribution < -0.4 is 4.74 Å². The van der Waals surface area contributed by atoms with E-state index in [1.165, 1.54) is 12.1 Å². The maximum absolute atomic E-state index is 11.0. The summed E-state index contributed by atoms with van der Waals surface area (Å²) in [6.45, 7) is 5.51. The number of aliphatic hydroxyl groups excluding tert-OH is 1. The van der Waals surface area contributed by atoms with E-state index >= 15 is 0 Å². The number of likely N-dealkylation sites (tertiary alicyclic amines) is 1. The molecule has 1 aromatic rings. The molecule has 0 aromatic heterocycles. The number of nitro benzene ring substituents is 1. The smallest absolute Gasteiger partial charge is 0.270 e. The highest BCUT2D eigenvalue weighted by Crippen LogP contribution is 2.44. The molecule has 0 spiro atoms. The van der Waals surface area contributed by atoms with Crippen molar-refractivity contribution in [1.29, 1.82) is 0 Å². The maximum Gasteiger partial charge on any atom is 0.270 e. The number of nitrogens with zero attached hydrogens (tertiary/aromatic N) is 2. The molecule has 3 rings (SSSR count). The third-order valence-electron chi connectivity index (χ3n) is 4.44. The van der Waals surface area contributed by atoms with Crippen molar-refractivity contribution < 1.29 is 14.8 Å². The van der Waals surface area contributed by atoms with Gasteiger partial charge in [-0.2, -0.15) is 0 Å². The lowest BCUT2D eigenvalue weighted by Crippen LogP contribution is -2.53. The molecule has 0 saturated carbocycles. The van der Waals surface area contributed by atoms with Crippen molar-refractivity contribution in [1.82, 2.24) is 4.90 Å². The summed E-state index contributed by atoms with van der Waals surface area (Å²) in [5.41, 5.74) is 0.0440. The van der Waals surface area contributed by atoms with Gasteiger partial charge in [0.2, 0.25) is 0 Å². The lowest BCUT2D eigenvalue weighted by atomic mass is 9.85. The van der Waals surface area contributed by atoms with Crippen molar-refractivity contribution >= 4 is 18.1 Å². The van der Waals surface area contributed by atoms with Crippen molar-refractivity contribution in [3.63, 3.8) is 0 Å². The summed E-state index contributed by atoms with van der Waals surface area (Å²) in [6.07, 6.45) is 1.47. The second-order valence-corrected chi connectivity index (χ2v) is 6.32. The van der Waals surface area contributed by atoms with Gasteiger partial charge in [0.1, 0.15) is 17.5 Å². The predicted molar refractivity (Wildman–Crippen MR) is 84.6 cm³/mol. The normalized spacial score (nSPS) is 26.7. The van der Waals surface area contributed by atoms with Gasteiger partial charge in [-0.25, -0.2) is 0 Å². The van der Waals surface area contributed by atoms with Crippen molar-refractivity contribution in [2.45, 2.75) is 44.4 Å². The van der Waals surface area contributed by atoms with Crippen LogP contribution in [0.2, 0.25) is 0 Å². The molecule has 1 N–H and O–H groups in total. The fourth-order valence-corrected chi connectivity index (χ4v) is 3.28. The quantitative estimate of drug-likeness (QED) is 0.667. The summed E-state index contributed by atoms with van der Waals surface area (Å²) in [6, 6.07) is 4.39. The summed E-state index contributed by atoms with van der Waals surface area (Å²) < 4.78 is 5.86. The Kier molecular flexibility index (Phi) is 4.65. The Hall–Kier alpha value is -1.37. The van der Waals surface area contributed by atoms with E-state index in [1.807, 2.05) is 13.8 Å². The van der Waals surface area contributed by atoms with Crippen LogP contribution in [0.1, 0.15) is 38.3 Å². The molecule has 0 bridgehead atoms. The monoisotopic (exact) mass is 328 g/mol. The molecule has 1 fully saturated rings. The van der Waals surface area contributed by atoms with Gasteiger partial charge in [0.05, 0.1) is 11.0 Å². The number of non-ortho nitro benzene ring substituents is 1. The first-order valence-corrected chi connectivity index (χ1v) is 7.29. The highest BCUT2D eigenvalue weighted by atomic mass is 35.5. The maximum atomic E-state index is 11.0. The van der Waals surface area contributed by atoms with Crippen LogP contribution in [0.15, 0.2) is 18.2 Å². The number of benzene rings is 1. The number of nitro groups is 1. The van der Waals surface area contributed by atoms with Crippen LogP contribution in [-0.4, -0.2) is 39.7 Å². The number of hydrogen-bond donors (Lipinski definition) is 1. The second kappa shape index (κ2) is 6.02. The molecule has 22 heavy (non-hydrogen) atoms. The second-order valence-electron chi connectivity index (χ2n) is 6.32. The van der Waals surface area contributed by atoms with Gasteiger partial charge in [-0.3, -0.25) is 15.0 Å². The number of fused-ring (bicyclic) bond motifs is 1. The zero-order valence-corrected chi connectivity index (χ0v) is 13.5. The van der Waals surface area contributed by atoms with E-state index < -0.39 is 16.6 Å². The zero-order valence-electron chi connectivity index (χ0n) is 12.7. The van der Waals surface area contributed by atoms with E-state index in [0.717, 1.165) is 31.5 Å². The first-order valence-electron chi connectivity index (χ1n) is 7.29. The van der Waals surface area contributed by atoms with Gasteiger partial charge in [-0.15, -0.1) is 12.4 Å². The van der Waals surface area contributed by atoms with E-state index in [0.29, 0.717) is 5.75 Å². The van der Waals surface area contributed by atoms with Gasteiger partial charge < -0.3 is 9.84 Å². The molecule has 0 aliphatic carbocycles. The summed E-state index contributed by atoms with van der Waals surface area (Å²) >= 11 is 0. The first kappa shape index (κ1) is 17.0. The topological polar surface area (TPSA) is 75.8 Å². The largest absolute Gasteiger partial charge is 0.485 e. The molecule has 1 aromatic carbocycles. The Morgan fingerprint density at radius 2 is 2.00 bits per heavy atom. The molecular formula is C15H21ClN2O4. The molecular weight excluding hydrogens is 308 g/mol. The molecule has 2 aliphatic rings. The van der Waals surface area contributed by atoms with Crippen molar-refractivity contribution in [2.24, 2.45) is 0 Å². The van der Waals surface area contributed by atoms with Crippen LogP contribution in [0.5, 0.6) is 5.75 Å². The summed E-state index contributed by atoms with van der Waals surface area (Å²) in [5, 5.41) is 21.7. The van der Waals surface area contributed by atoms with Gasteiger partial charge in [0, 0.05) is 17.7 Å². The van der Waals surface area contributed by atoms with E-state index in [-0.39, 0.29) is 24.1 Å². The molecule has 1 saturated heterocycles. The van der Waals surface area contributed by atoms with Gasteiger partial charge in [0.15, 0.2) is 0 Å². The molecule has 2 aliphatic heterocycles. The van der Waals surface area contributed by atoms with Gasteiger partial charge >= 0.3 is 0 Å². The number of hydrogen-bond acceptors (Lipinski definition) is 5. The van der Waals surface area contributed by atoms with Crippen LogP contribution in [0.3, 0.4) is 0 Å². The number of halogens is 1. The van der Waals surface area contributed by atoms with E-state index in [2.05, 4.69) is 4.90 Å². The molecule has 2 heterocycles. The Bertz CT molecular complexity index is 573. The van der Waals surface area contributed by atoms with Crippen LogP contribution in [0, 0.1) is 10.1 Å². The number of ether oxygens (including phenoxy) is 1. The summed E-state index contributed by atoms with van der Waals surface area (Å²) in [5.74, 6) is 0.632. The molecule has 0 amide bonds. The van der Waals surface area contributed by atoms with E-state index in [4.69, 9.17) is 4.74 Å². The van der Waals surface area contributed by atoms with Gasteiger partial charge in [-0.05, 0) is 45.8 Å². The summed E-state index contributed by atoms with van der Waals surface area (Å²) in [7, 11) is 0. The third kappa shape index (κ3) is 2.78. The lowest BCUT2D eigenvalue weighted by Gasteiger charge is -2.45. The zero-order chi connectivity index (χ0) is 15.2. The minimum absolute atomic E-state index is 0. The Labute approximate surface area is 135 Å². The van der Waals surface area contributed by atoms with E-state index in [9.17, 15) is 15.2 Å². The number of aliphatic hydroxyl groups is 1. The first-order chi connectivity index (χ1) is 9.90. The Morgan fingerprint density at radius 3 is 2.59 bits per heavy atom. The molecule has 122 valence electrons. The SMILES string of the molecule is CC1(C)Oc2ccc([N+](=O)[O-])cc2C(N2CCCC2)[C@@H]1O.Cl. The Morgan fingerprint density at radius 1 is 1.36 bits per heavy atom. The average Bonchev–Trinajstić information content (AvgIpc) is 2.93. The van der Waals surface area contributed by atoms with Crippen LogP contribution in [-0.2, 0) is 0 Å². The fraction of sp³-hybridized carbons (Fsp3) is 0.600. The van der Waals surface area contributed by atoms with Crippen LogP contribution in [0.4, 0.5) is 5.69 Å².